The Hall–Kier alpha value is -3.51. The van der Waals surface area contributed by atoms with E-state index in [2.05, 4.69) is 28.2 Å². The maximum absolute atomic E-state index is 14.1. The fourth-order valence-electron chi connectivity index (χ4n) is 4.85. The number of aryl methyl sites for hydroxylation is 1. The number of nitrogens with one attached hydrogen (secondary N) is 2. The van der Waals surface area contributed by atoms with Crippen LogP contribution in [0.25, 0.3) is 10.9 Å². The molecule has 1 atom stereocenters. The Bertz CT molecular complexity index is 1280. The maximum atomic E-state index is 14.1. The summed E-state index contributed by atoms with van der Waals surface area (Å²) >= 11 is 0. The van der Waals surface area contributed by atoms with Gasteiger partial charge >= 0.3 is 0 Å². The first-order valence-electron chi connectivity index (χ1n) is 11.4. The third-order valence-electron chi connectivity index (χ3n) is 6.41. The predicted octanol–water partition coefficient (Wildman–Crippen LogP) is 5.84. The van der Waals surface area contributed by atoms with Crippen molar-refractivity contribution in [3.8, 4) is 0 Å². The Morgan fingerprint density at radius 1 is 1.06 bits per heavy atom. The van der Waals surface area contributed by atoms with E-state index >= 15 is 0 Å². The molecule has 6 heteroatoms. The van der Waals surface area contributed by atoms with Gasteiger partial charge in [0.25, 0.3) is 5.91 Å². The quantitative estimate of drug-likeness (QED) is 0.408. The molecule has 168 valence electrons. The van der Waals surface area contributed by atoms with E-state index in [0.29, 0.717) is 5.69 Å². The highest BCUT2D eigenvalue weighted by Gasteiger charge is 2.29. The standard InChI is InChI=1S/C27H27FN4O/c1-18-25(26(24-11-5-6-14-29-24)32-15-7-2-8-16-32)21-17-19(12-13-23(21)30-18)31-27(33)20-9-3-4-10-22(20)28/h3-6,9-14,17,26,30H,2,7-8,15-16H2,1H3,(H,31,33)/t26-/m1/s1. The van der Waals surface area contributed by atoms with Crippen LogP contribution in [0.2, 0.25) is 0 Å². The molecule has 0 bridgehead atoms. The molecular formula is C27H27FN4O. The smallest absolute Gasteiger partial charge is 0.258 e. The molecule has 0 radical (unpaired) electrons. The predicted molar refractivity (Wildman–Crippen MR) is 129 cm³/mol. The van der Waals surface area contributed by atoms with Gasteiger partial charge in [0.1, 0.15) is 5.82 Å². The Morgan fingerprint density at radius 3 is 2.61 bits per heavy atom. The molecule has 4 aromatic rings. The third kappa shape index (κ3) is 4.26. The summed E-state index contributed by atoms with van der Waals surface area (Å²) in [5.74, 6) is -0.992. The van der Waals surface area contributed by atoms with Crippen molar-refractivity contribution in [3.63, 3.8) is 0 Å². The van der Waals surface area contributed by atoms with Gasteiger partial charge in [0.2, 0.25) is 0 Å². The molecular weight excluding hydrogens is 415 g/mol. The Kier molecular flexibility index (Phi) is 5.92. The van der Waals surface area contributed by atoms with Crippen molar-refractivity contribution in [3.05, 3.63) is 95.2 Å². The topological polar surface area (TPSA) is 61.0 Å². The molecule has 2 aromatic carbocycles. The molecule has 33 heavy (non-hydrogen) atoms. The van der Waals surface area contributed by atoms with Crippen molar-refractivity contribution in [1.82, 2.24) is 14.9 Å². The number of halogens is 1. The monoisotopic (exact) mass is 442 g/mol. The molecule has 0 saturated carbocycles. The molecule has 5 nitrogen and oxygen atoms in total. The molecule has 0 unspecified atom stereocenters. The van der Waals surface area contributed by atoms with Crippen LogP contribution in [0.1, 0.15) is 52.6 Å². The van der Waals surface area contributed by atoms with Crippen LogP contribution >= 0.6 is 0 Å². The van der Waals surface area contributed by atoms with Crippen molar-refractivity contribution >= 4 is 22.5 Å². The van der Waals surface area contributed by atoms with Crippen LogP contribution in [0.15, 0.2) is 66.9 Å². The summed E-state index contributed by atoms with van der Waals surface area (Å²) in [7, 11) is 0. The van der Waals surface area contributed by atoms with Gasteiger partial charge in [-0.05, 0) is 75.3 Å². The van der Waals surface area contributed by atoms with Crippen molar-refractivity contribution < 1.29 is 9.18 Å². The van der Waals surface area contributed by atoms with Gasteiger partial charge < -0.3 is 10.3 Å². The number of anilines is 1. The molecule has 2 aromatic heterocycles. The number of hydrogen-bond donors (Lipinski definition) is 2. The van der Waals surface area contributed by atoms with E-state index in [0.717, 1.165) is 35.4 Å². The number of amides is 1. The Balaban J connectivity index is 1.56. The number of pyridine rings is 1. The Morgan fingerprint density at radius 2 is 1.85 bits per heavy atom. The van der Waals surface area contributed by atoms with E-state index in [1.54, 1.807) is 12.1 Å². The van der Waals surface area contributed by atoms with E-state index < -0.39 is 11.7 Å². The summed E-state index contributed by atoms with van der Waals surface area (Å²) in [4.78, 5) is 23.4. The van der Waals surface area contributed by atoms with Crippen molar-refractivity contribution in [1.29, 1.82) is 0 Å². The lowest BCUT2D eigenvalue weighted by Crippen LogP contribution is -2.35. The SMILES string of the molecule is Cc1[nH]c2ccc(NC(=O)c3ccccc3F)cc2c1[C@@H](c1ccccn1)N1CCCCC1. The van der Waals surface area contributed by atoms with Crippen LogP contribution in [-0.2, 0) is 0 Å². The highest BCUT2D eigenvalue weighted by atomic mass is 19.1. The lowest BCUT2D eigenvalue weighted by Gasteiger charge is -2.34. The first-order valence-corrected chi connectivity index (χ1v) is 11.4. The molecule has 5 rings (SSSR count). The van der Waals surface area contributed by atoms with Crippen LogP contribution in [-0.4, -0.2) is 33.9 Å². The number of H-pyrrole nitrogens is 1. The van der Waals surface area contributed by atoms with Gasteiger partial charge in [0, 0.05) is 34.0 Å². The summed E-state index contributed by atoms with van der Waals surface area (Å²) in [5, 5.41) is 3.91. The van der Waals surface area contributed by atoms with Crippen LogP contribution in [0.5, 0.6) is 0 Å². The fourth-order valence-corrected chi connectivity index (χ4v) is 4.85. The number of fused-ring (bicyclic) bond motifs is 1. The number of aromatic nitrogens is 2. The zero-order valence-corrected chi connectivity index (χ0v) is 18.6. The van der Waals surface area contributed by atoms with Crippen molar-refractivity contribution in [2.24, 2.45) is 0 Å². The van der Waals surface area contributed by atoms with Gasteiger partial charge in [-0.15, -0.1) is 0 Å². The van der Waals surface area contributed by atoms with E-state index in [9.17, 15) is 9.18 Å². The maximum Gasteiger partial charge on any atom is 0.258 e. The number of nitrogens with zero attached hydrogens (tertiary/aromatic N) is 2. The average molecular weight is 443 g/mol. The number of carbonyl (C=O) groups excluding carboxylic acids is 1. The summed E-state index contributed by atoms with van der Waals surface area (Å²) in [6.45, 7) is 4.14. The molecule has 0 spiro atoms. The average Bonchev–Trinajstić information content (AvgIpc) is 3.16. The minimum atomic E-state index is -0.533. The lowest BCUT2D eigenvalue weighted by atomic mass is 9.95. The molecule has 3 heterocycles. The molecule has 1 aliphatic rings. The zero-order valence-electron chi connectivity index (χ0n) is 18.6. The van der Waals surface area contributed by atoms with Crippen LogP contribution in [0.4, 0.5) is 10.1 Å². The minimum absolute atomic E-state index is 0.0257. The lowest BCUT2D eigenvalue weighted by molar-refractivity contribution is 0.102. The van der Waals surface area contributed by atoms with Crippen LogP contribution in [0.3, 0.4) is 0 Å². The molecule has 1 aliphatic heterocycles. The van der Waals surface area contributed by atoms with E-state index in [1.165, 1.54) is 37.0 Å². The highest BCUT2D eigenvalue weighted by Crippen LogP contribution is 2.37. The number of rotatable bonds is 5. The van der Waals surface area contributed by atoms with Crippen molar-refractivity contribution in [2.45, 2.75) is 32.2 Å². The van der Waals surface area contributed by atoms with Gasteiger partial charge in [0.05, 0.1) is 17.3 Å². The molecule has 1 fully saturated rings. The van der Waals surface area contributed by atoms with Gasteiger partial charge in [-0.3, -0.25) is 14.7 Å². The number of aromatic amines is 1. The van der Waals surface area contributed by atoms with E-state index in [4.69, 9.17) is 4.98 Å². The zero-order chi connectivity index (χ0) is 22.8. The number of benzene rings is 2. The van der Waals surface area contributed by atoms with Gasteiger partial charge in [-0.1, -0.05) is 24.6 Å². The summed E-state index contributed by atoms with van der Waals surface area (Å²) in [6, 6.07) is 17.9. The summed E-state index contributed by atoms with van der Waals surface area (Å²) in [5.41, 5.74) is 4.95. The largest absolute Gasteiger partial charge is 0.358 e. The van der Waals surface area contributed by atoms with Gasteiger partial charge in [-0.2, -0.15) is 0 Å². The second kappa shape index (κ2) is 9.16. The first kappa shape index (κ1) is 21.3. The number of likely N-dealkylation sites (tertiary alicyclic amines) is 1. The highest BCUT2D eigenvalue weighted by molar-refractivity contribution is 6.05. The van der Waals surface area contributed by atoms with Gasteiger partial charge in [-0.25, -0.2) is 4.39 Å². The number of piperidine rings is 1. The second-order valence-corrected chi connectivity index (χ2v) is 8.61. The summed E-state index contributed by atoms with van der Waals surface area (Å²) < 4.78 is 14.1. The molecule has 0 aliphatic carbocycles. The van der Waals surface area contributed by atoms with Crippen LogP contribution in [0, 0.1) is 12.7 Å². The normalized spacial score (nSPS) is 15.5. The number of carbonyl (C=O) groups is 1. The molecule has 1 saturated heterocycles. The summed E-state index contributed by atoms with van der Waals surface area (Å²) in [6.07, 6.45) is 5.45. The first-order chi connectivity index (χ1) is 16.1. The minimum Gasteiger partial charge on any atom is -0.358 e. The van der Waals surface area contributed by atoms with Gasteiger partial charge in [0.15, 0.2) is 0 Å². The third-order valence-corrected chi connectivity index (χ3v) is 6.41. The van der Waals surface area contributed by atoms with E-state index in [1.807, 2.05) is 36.5 Å². The molecule has 1 amide bonds. The number of hydrogen-bond acceptors (Lipinski definition) is 3. The second-order valence-electron chi connectivity index (χ2n) is 8.61. The molecule has 2 N–H and O–H groups in total. The Labute approximate surface area is 192 Å². The van der Waals surface area contributed by atoms with Crippen LogP contribution < -0.4 is 5.32 Å². The van der Waals surface area contributed by atoms with Crippen molar-refractivity contribution in [2.75, 3.05) is 18.4 Å². The fraction of sp³-hybridized carbons (Fsp3) is 0.259. The van der Waals surface area contributed by atoms with E-state index in [-0.39, 0.29) is 11.6 Å².